The molecule has 0 aliphatic rings. The Labute approximate surface area is 96.3 Å². The molecule has 0 aromatic carbocycles. The van der Waals surface area contributed by atoms with Crippen molar-refractivity contribution in [3.05, 3.63) is 0 Å². The van der Waals surface area contributed by atoms with Gasteiger partial charge in [0, 0.05) is 0 Å². The number of hydrogen-bond acceptors (Lipinski definition) is 1. The number of thiol groups is 1. The van der Waals surface area contributed by atoms with Crippen LogP contribution >= 0.6 is 12.6 Å². The molecule has 0 bridgehead atoms. The van der Waals surface area contributed by atoms with Crippen LogP contribution in [0.4, 0.5) is 0 Å². The third-order valence-electron chi connectivity index (χ3n) is 2.94. The van der Waals surface area contributed by atoms with Crippen molar-refractivity contribution in [2.24, 2.45) is 5.92 Å². The number of hydrogen-bond donors (Lipinski definition) is 1. The zero-order chi connectivity index (χ0) is 10.6. The Morgan fingerprint density at radius 1 is 0.786 bits per heavy atom. The van der Waals surface area contributed by atoms with Gasteiger partial charge in [0.25, 0.3) is 0 Å². The summed E-state index contributed by atoms with van der Waals surface area (Å²) in [5.74, 6) is 1.98. The molecule has 0 saturated carbocycles. The summed E-state index contributed by atoms with van der Waals surface area (Å²) in [5, 5.41) is 0. The lowest BCUT2D eigenvalue weighted by molar-refractivity contribution is 0.446. The van der Waals surface area contributed by atoms with Gasteiger partial charge in [0.1, 0.15) is 0 Å². The summed E-state index contributed by atoms with van der Waals surface area (Å²) in [4.78, 5) is 0. The molecule has 0 aromatic rings. The van der Waals surface area contributed by atoms with Crippen LogP contribution in [-0.2, 0) is 0 Å². The van der Waals surface area contributed by atoms with Crippen LogP contribution in [0.5, 0.6) is 0 Å². The Balaban J connectivity index is 3.28. The molecule has 0 amide bonds. The normalized spacial score (nSPS) is 13.1. The molecule has 0 heterocycles. The van der Waals surface area contributed by atoms with E-state index in [1.165, 1.54) is 57.8 Å². The topological polar surface area (TPSA) is 0 Å². The van der Waals surface area contributed by atoms with Gasteiger partial charge in [-0.1, -0.05) is 58.8 Å². The van der Waals surface area contributed by atoms with Crippen molar-refractivity contribution >= 4 is 12.6 Å². The molecule has 1 heteroatoms. The minimum atomic E-state index is 0.890. The highest BCUT2D eigenvalue weighted by atomic mass is 32.1. The molecule has 1 unspecified atom stereocenters. The highest BCUT2D eigenvalue weighted by Gasteiger charge is 2.05. The van der Waals surface area contributed by atoms with E-state index in [2.05, 4.69) is 26.5 Å². The predicted molar refractivity (Wildman–Crippen MR) is 70.2 cm³/mol. The molecule has 0 spiro atoms. The second-order valence-electron chi connectivity index (χ2n) is 4.39. The average molecular weight is 216 g/mol. The second-order valence-corrected chi connectivity index (χ2v) is 4.76. The van der Waals surface area contributed by atoms with Crippen LogP contribution < -0.4 is 0 Å². The fourth-order valence-electron chi connectivity index (χ4n) is 1.87. The van der Waals surface area contributed by atoms with E-state index in [1.807, 2.05) is 0 Å². The van der Waals surface area contributed by atoms with Gasteiger partial charge in [0.05, 0.1) is 0 Å². The van der Waals surface area contributed by atoms with Gasteiger partial charge in [-0.05, 0) is 24.5 Å². The van der Waals surface area contributed by atoms with E-state index >= 15 is 0 Å². The van der Waals surface area contributed by atoms with Gasteiger partial charge in [-0.3, -0.25) is 0 Å². The Kier molecular flexibility index (Phi) is 11.7. The highest BCUT2D eigenvalue weighted by molar-refractivity contribution is 7.80. The molecule has 0 aliphatic carbocycles. The zero-order valence-corrected chi connectivity index (χ0v) is 11.0. The largest absolute Gasteiger partial charge is 0.179 e. The van der Waals surface area contributed by atoms with Crippen LogP contribution in [0.3, 0.4) is 0 Å². The molecule has 0 fully saturated rings. The average Bonchev–Trinajstić information content (AvgIpc) is 2.22. The lowest BCUT2D eigenvalue weighted by Gasteiger charge is -2.13. The Bertz CT molecular complexity index is 101. The lowest BCUT2D eigenvalue weighted by Crippen LogP contribution is -2.02. The molecular formula is C13H28S. The Morgan fingerprint density at radius 2 is 1.29 bits per heavy atom. The van der Waals surface area contributed by atoms with Crippen molar-refractivity contribution in [2.45, 2.75) is 71.6 Å². The van der Waals surface area contributed by atoms with E-state index in [0.717, 1.165) is 11.7 Å². The van der Waals surface area contributed by atoms with Crippen LogP contribution in [0.15, 0.2) is 0 Å². The van der Waals surface area contributed by atoms with Gasteiger partial charge >= 0.3 is 0 Å². The predicted octanol–water partition coefficient (Wildman–Crippen LogP) is 5.08. The first-order valence-corrected chi connectivity index (χ1v) is 7.09. The molecule has 0 N–H and O–H groups in total. The molecular weight excluding hydrogens is 188 g/mol. The van der Waals surface area contributed by atoms with Crippen molar-refractivity contribution in [2.75, 3.05) is 5.75 Å². The van der Waals surface area contributed by atoms with Crippen molar-refractivity contribution in [3.8, 4) is 0 Å². The van der Waals surface area contributed by atoms with Crippen molar-refractivity contribution in [1.82, 2.24) is 0 Å². The fourth-order valence-corrected chi connectivity index (χ4v) is 2.23. The van der Waals surface area contributed by atoms with E-state index < -0.39 is 0 Å². The van der Waals surface area contributed by atoms with Gasteiger partial charge in [-0.2, -0.15) is 12.6 Å². The van der Waals surface area contributed by atoms with Crippen LogP contribution in [0.25, 0.3) is 0 Å². The standard InChI is InChI=1S/C13H28S/c1-3-5-7-9-11-13(12-14)10-8-6-4-2/h13-14H,3-12H2,1-2H3. The summed E-state index contributed by atoms with van der Waals surface area (Å²) >= 11 is 4.44. The van der Waals surface area contributed by atoms with Gasteiger partial charge < -0.3 is 0 Å². The number of rotatable bonds is 10. The molecule has 0 aromatic heterocycles. The molecule has 0 radical (unpaired) electrons. The van der Waals surface area contributed by atoms with Crippen LogP contribution in [0, 0.1) is 5.92 Å². The molecule has 0 nitrogen and oxygen atoms in total. The summed E-state index contributed by atoms with van der Waals surface area (Å²) in [6, 6.07) is 0. The molecule has 0 saturated heterocycles. The van der Waals surface area contributed by atoms with Crippen LogP contribution in [0.1, 0.15) is 71.6 Å². The third-order valence-corrected chi connectivity index (χ3v) is 3.46. The second kappa shape index (κ2) is 11.4. The van der Waals surface area contributed by atoms with E-state index in [0.29, 0.717) is 0 Å². The van der Waals surface area contributed by atoms with Crippen LogP contribution in [-0.4, -0.2) is 5.75 Å². The molecule has 0 rings (SSSR count). The molecule has 14 heavy (non-hydrogen) atoms. The molecule has 86 valence electrons. The first kappa shape index (κ1) is 14.3. The quantitative estimate of drug-likeness (QED) is 0.382. The highest BCUT2D eigenvalue weighted by Crippen LogP contribution is 2.18. The smallest absolute Gasteiger partial charge is 0.00695 e. The first-order chi connectivity index (χ1) is 6.85. The lowest BCUT2D eigenvalue weighted by atomic mass is 9.96. The summed E-state index contributed by atoms with van der Waals surface area (Å²) in [7, 11) is 0. The fraction of sp³-hybridized carbons (Fsp3) is 1.00. The Hall–Kier alpha value is 0.350. The summed E-state index contributed by atoms with van der Waals surface area (Å²) in [6.07, 6.45) is 12.6. The zero-order valence-electron chi connectivity index (χ0n) is 10.1. The van der Waals surface area contributed by atoms with Gasteiger partial charge in [0.2, 0.25) is 0 Å². The first-order valence-electron chi connectivity index (χ1n) is 6.46. The van der Waals surface area contributed by atoms with E-state index in [-0.39, 0.29) is 0 Å². The maximum Gasteiger partial charge on any atom is -0.00695 e. The summed E-state index contributed by atoms with van der Waals surface area (Å²) in [5.41, 5.74) is 0. The monoisotopic (exact) mass is 216 g/mol. The third kappa shape index (κ3) is 8.93. The molecule has 1 atom stereocenters. The van der Waals surface area contributed by atoms with Crippen molar-refractivity contribution in [3.63, 3.8) is 0 Å². The van der Waals surface area contributed by atoms with Gasteiger partial charge in [-0.15, -0.1) is 0 Å². The number of unbranched alkanes of at least 4 members (excludes halogenated alkanes) is 5. The van der Waals surface area contributed by atoms with Gasteiger partial charge in [0.15, 0.2) is 0 Å². The van der Waals surface area contributed by atoms with Crippen molar-refractivity contribution < 1.29 is 0 Å². The minimum Gasteiger partial charge on any atom is -0.179 e. The SMILES string of the molecule is CCCCCCC(CS)CCCCC. The minimum absolute atomic E-state index is 0.890. The van der Waals surface area contributed by atoms with Gasteiger partial charge in [-0.25, -0.2) is 0 Å². The van der Waals surface area contributed by atoms with E-state index in [9.17, 15) is 0 Å². The Morgan fingerprint density at radius 3 is 1.79 bits per heavy atom. The van der Waals surface area contributed by atoms with E-state index in [1.54, 1.807) is 0 Å². The maximum atomic E-state index is 4.44. The van der Waals surface area contributed by atoms with E-state index in [4.69, 9.17) is 0 Å². The van der Waals surface area contributed by atoms with Crippen molar-refractivity contribution in [1.29, 1.82) is 0 Å². The maximum absolute atomic E-state index is 4.44. The molecule has 0 aliphatic heterocycles. The summed E-state index contributed by atoms with van der Waals surface area (Å²) < 4.78 is 0. The summed E-state index contributed by atoms with van der Waals surface area (Å²) in [6.45, 7) is 4.55. The van der Waals surface area contributed by atoms with Crippen LogP contribution in [0.2, 0.25) is 0 Å².